The average molecular weight is 200 g/mol. The lowest BCUT2D eigenvalue weighted by molar-refractivity contribution is 0.107. The van der Waals surface area contributed by atoms with Crippen LogP contribution in [0.3, 0.4) is 0 Å². The van der Waals surface area contributed by atoms with Gasteiger partial charge in [-0.2, -0.15) is 0 Å². The summed E-state index contributed by atoms with van der Waals surface area (Å²) in [6.45, 7) is 6.45. The molecule has 3 heteroatoms. The molecule has 1 N–H and O–H groups in total. The Balaban J connectivity index is 2.39. The van der Waals surface area contributed by atoms with Crippen LogP contribution in [0.1, 0.15) is 26.7 Å². The first-order valence-electron chi connectivity index (χ1n) is 5.62. The molecular formula is C11H24N2O. The van der Waals surface area contributed by atoms with Gasteiger partial charge in [0.1, 0.15) is 0 Å². The molecule has 14 heavy (non-hydrogen) atoms. The Labute approximate surface area is 87.8 Å². The summed E-state index contributed by atoms with van der Waals surface area (Å²) in [4.78, 5) is 2.57. The maximum atomic E-state index is 5.15. The Morgan fingerprint density at radius 2 is 2.07 bits per heavy atom. The van der Waals surface area contributed by atoms with Crippen LogP contribution in [0.2, 0.25) is 0 Å². The van der Waals surface area contributed by atoms with Crippen LogP contribution >= 0.6 is 0 Å². The van der Waals surface area contributed by atoms with E-state index >= 15 is 0 Å². The summed E-state index contributed by atoms with van der Waals surface area (Å²) in [5, 5.41) is 3.32. The summed E-state index contributed by atoms with van der Waals surface area (Å²) in [5.74, 6) is 0. The van der Waals surface area contributed by atoms with Crippen LogP contribution in [0, 0.1) is 0 Å². The first-order valence-corrected chi connectivity index (χ1v) is 5.62. The summed E-state index contributed by atoms with van der Waals surface area (Å²) < 4.78 is 5.15. The van der Waals surface area contributed by atoms with Crippen molar-refractivity contribution in [1.29, 1.82) is 0 Å². The molecule has 3 nitrogen and oxygen atoms in total. The molecule has 0 aromatic rings. The maximum absolute atomic E-state index is 5.15. The molecule has 1 aliphatic rings. The highest BCUT2D eigenvalue weighted by atomic mass is 16.5. The molecule has 0 bridgehead atoms. The van der Waals surface area contributed by atoms with Gasteiger partial charge in [0.25, 0.3) is 0 Å². The van der Waals surface area contributed by atoms with Crippen molar-refractivity contribution in [2.45, 2.75) is 44.8 Å². The first kappa shape index (κ1) is 12.0. The molecule has 1 fully saturated rings. The van der Waals surface area contributed by atoms with E-state index in [-0.39, 0.29) is 0 Å². The summed E-state index contributed by atoms with van der Waals surface area (Å²) in [6, 6.07) is 1.96. The monoisotopic (exact) mass is 200 g/mol. The highest BCUT2D eigenvalue weighted by Crippen LogP contribution is 2.29. The minimum Gasteiger partial charge on any atom is -0.383 e. The molecule has 0 aromatic carbocycles. The smallest absolute Gasteiger partial charge is 0.0589 e. The molecule has 0 saturated heterocycles. The molecule has 0 radical (unpaired) electrons. The number of nitrogens with zero attached hydrogens (tertiary/aromatic N) is 1. The van der Waals surface area contributed by atoms with E-state index in [1.807, 2.05) is 7.05 Å². The number of ether oxygens (including phenoxy) is 1. The SMILES string of the molecule is CNC(C)C(C)N(CCOC)C1CC1. The predicted octanol–water partition coefficient (Wildman–Crippen LogP) is 1.09. The van der Waals surface area contributed by atoms with Gasteiger partial charge in [-0.05, 0) is 33.7 Å². The fourth-order valence-corrected chi connectivity index (χ4v) is 1.85. The van der Waals surface area contributed by atoms with E-state index in [2.05, 4.69) is 24.1 Å². The zero-order valence-electron chi connectivity index (χ0n) is 9.92. The summed E-state index contributed by atoms with van der Waals surface area (Å²) >= 11 is 0. The quantitative estimate of drug-likeness (QED) is 0.666. The number of hydrogen-bond acceptors (Lipinski definition) is 3. The van der Waals surface area contributed by atoms with Crippen molar-refractivity contribution in [3.05, 3.63) is 0 Å². The summed E-state index contributed by atoms with van der Waals surface area (Å²) in [6.07, 6.45) is 2.73. The normalized spacial score (nSPS) is 21.2. The summed E-state index contributed by atoms with van der Waals surface area (Å²) in [7, 11) is 3.81. The standard InChI is InChI=1S/C11H24N2O/c1-9(12-3)10(2)13(7-8-14-4)11-5-6-11/h9-12H,5-8H2,1-4H3. The van der Waals surface area contributed by atoms with Crippen molar-refractivity contribution in [2.75, 3.05) is 27.3 Å². The van der Waals surface area contributed by atoms with Gasteiger partial charge in [0.05, 0.1) is 6.61 Å². The number of methoxy groups -OCH3 is 1. The van der Waals surface area contributed by atoms with Crippen LogP contribution in [-0.2, 0) is 4.74 Å². The minimum absolute atomic E-state index is 0.549. The zero-order valence-corrected chi connectivity index (χ0v) is 9.92. The lowest BCUT2D eigenvalue weighted by Crippen LogP contribution is -2.48. The van der Waals surface area contributed by atoms with E-state index in [1.165, 1.54) is 12.8 Å². The first-order chi connectivity index (χ1) is 6.70. The number of likely N-dealkylation sites (N-methyl/N-ethyl adjacent to an activating group) is 1. The van der Waals surface area contributed by atoms with Gasteiger partial charge in [-0.1, -0.05) is 0 Å². The molecular weight excluding hydrogens is 176 g/mol. The Hall–Kier alpha value is -0.120. The number of nitrogens with one attached hydrogen (secondary N) is 1. The van der Waals surface area contributed by atoms with Gasteiger partial charge in [0, 0.05) is 31.8 Å². The van der Waals surface area contributed by atoms with Crippen molar-refractivity contribution in [3.8, 4) is 0 Å². The molecule has 1 saturated carbocycles. The van der Waals surface area contributed by atoms with Crippen LogP contribution in [-0.4, -0.2) is 50.3 Å². The van der Waals surface area contributed by atoms with Crippen LogP contribution in [0.5, 0.6) is 0 Å². The lowest BCUT2D eigenvalue weighted by Gasteiger charge is -2.33. The summed E-state index contributed by atoms with van der Waals surface area (Å²) in [5.41, 5.74) is 0. The fourth-order valence-electron chi connectivity index (χ4n) is 1.85. The van der Waals surface area contributed by atoms with Gasteiger partial charge in [-0.3, -0.25) is 4.90 Å². The number of rotatable bonds is 7. The Bertz CT molecular complexity index is 159. The Morgan fingerprint density at radius 3 is 2.50 bits per heavy atom. The zero-order chi connectivity index (χ0) is 10.6. The molecule has 2 unspecified atom stereocenters. The fraction of sp³-hybridized carbons (Fsp3) is 1.00. The lowest BCUT2D eigenvalue weighted by atomic mass is 10.1. The van der Waals surface area contributed by atoms with E-state index in [0.29, 0.717) is 12.1 Å². The van der Waals surface area contributed by atoms with Gasteiger partial charge in [-0.25, -0.2) is 0 Å². The number of hydrogen-bond donors (Lipinski definition) is 1. The third kappa shape index (κ3) is 3.23. The van der Waals surface area contributed by atoms with Crippen molar-refractivity contribution < 1.29 is 4.74 Å². The van der Waals surface area contributed by atoms with Crippen molar-refractivity contribution in [1.82, 2.24) is 10.2 Å². The third-order valence-electron chi connectivity index (χ3n) is 3.27. The van der Waals surface area contributed by atoms with E-state index in [0.717, 1.165) is 19.2 Å². The van der Waals surface area contributed by atoms with Crippen molar-refractivity contribution in [3.63, 3.8) is 0 Å². The second-order valence-electron chi connectivity index (χ2n) is 4.28. The van der Waals surface area contributed by atoms with Crippen LogP contribution in [0.15, 0.2) is 0 Å². The second-order valence-corrected chi connectivity index (χ2v) is 4.28. The van der Waals surface area contributed by atoms with E-state index in [9.17, 15) is 0 Å². The molecule has 0 heterocycles. The van der Waals surface area contributed by atoms with Crippen molar-refractivity contribution >= 4 is 0 Å². The third-order valence-corrected chi connectivity index (χ3v) is 3.27. The molecule has 84 valence electrons. The predicted molar refractivity (Wildman–Crippen MR) is 59.6 cm³/mol. The maximum Gasteiger partial charge on any atom is 0.0589 e. The molecule has 2 atom stereocenters. The molecule has 1 aliphatic carbocycles. The Kier molecular flexibility index (Phi) is 4.85. The highest BCUT2D eigenvalue weighted by molar-refractivity contribution is 4.90. The van der Waals surface area contributed by atoms with Crippen LogP contribution in [0.25, 0.3) is 0 Å². The highest BCUT2D eigenvalue weighted by Gasteiger charge is 2.33. The van der Waals surface area contributed by atoms with Crippen LogP contribution < -0.4 is 5.32 Å². The molecule has 0 aromatic heterocycles. The topological polar surface area (TPSA) is 24.5 Å². The Morgan fingerprint density at radius 1 is 1.43 bits per heavy atom. The second kappa shape index (κ2) is 5.69. The van der Waals surface area contributed by atoms with Crippen molar-refractivity contribution in [2.24, 2.45) is 0 Å². The van der Waals surface area contributed by atoms with Gasteiger partial charge in [0.2, 0.25) is 0 Å². The molecule has 0 spiro atoms. The molecule has 1 rings (SSSR count). The van der Waals surface area contributed by atoms with E-state index in [1.54, 1.807) is 7.11 Å². The van der Waals surface area contributed by atoms with E-state index in [4.69, 9.17) is 4.74 Å². The molecule has 0 aliphatic heterocycles. The minimum atomic E-state index is 0.549. The van der Waals surface area contributed by atoms with E-state index < -0.39 is 0 Å². The van der Waals surface area contributed by atoms with Gasteiger partial charge >= 0.3 is 0 Å². The van der Waals surface area contributed by atoms with Crippen LogP contribution in [0.4, 0.5) is 0 Å². The largest absolute Gasteiger partial charge is 0.383 e. The van der Waals surface area contributed by atoms with Gasteiger partial charge in [0.15, 0.2) is 0 Å². The van der Waals surface area contributed by atoms with Gasteiger partial charge in [-0.15, -0.1) is 0 Å². The average Bonchev–Trinajstić information content (AvgIpc) is 3.01. The molecule has 0 amide bonds. The van der Waals surface area contributed by atoms with Gasteiger partial charge < -0.3 is 10.1 Å².